The van der Waals surface area contributed by atoms with Crippen LogP contribution in [0, 0.1) is 5.41 Å². The van der Waals surface area contributed by atoms with Crippen molar-refractivity contribution in [2.45, 2.75) is 57.5 Å². The van der Waals surface area contributed by atoms with E-state index in [-0.39, 0.29) is 0 Å². The van der Waals surface area contributed by atoms with Gasteiger partial charge in [0.2, 0.25) is 0 Å². The first-order valence-electron chi connectivity index (χ1n) is 5.42. The van der Waals surface area contributed by atoms with Crippen molar-refractivity contribution >= 4 is 22.2 Å². The third kappa shape index (κ3) is 4.61. The molecule has 0 bridgehead atoms. The lowest BCUT2D eigenvalue weighted by Crippen LogP contribution is -2.36. The fourth-order valence-electron chi connectivity index (χ4n) is 2.02. The zero-order chi connectivity index (χ0) is 12.9. The van der Waals surface area contributed by atoms with Crippen LogP contribution in [0.3, 0.4) is 0 Å². The summed E-state index contributed by atoms with van der Waals surface area (Å²) in [7, 11) is 0. The minimum Gasteiger partial charge on any atom is -0.772 e. The SMILES string of the molecule is CCC(CC(C)(C)C(CC)S(=O)[O-])S(=O)[O-]. The van der Waals surface area contributed by atoms with E-state index in [4.69, 9.17) is 0 Å². The predicted octanol–water partition coefficient (Wildman–Crippen LogP) is 1.72. The molecule has 0 aromatic heterocycles. The Kier molecular flexibility index (Phi) is 6.93. The van der Waals surface area contributed by atoms with Crippen molar-refractivity contribution in [3.63, 3.8) is 0 Å². The van der Waals surface area contributed by atoms with Crippen LogP contribution in [0.1, 0.15) is 47.0 Å². The third-order valence-corrected chi connectivity index (χ3v) is 5.44. The Morgan fingerprint density at radius 1 is 1.06 bits per heavy atom. The van der Waals surface area contributed by atoms with E-state index in [9.17, 15) is 17.5 Å². The lowest BCUT2D eigenvalue weighted by Gasteiger charge is -2.38. The molecular weight excluding hydrogens is 248 g/mol. The Labute approximate surface area is 103 Å². The summed E-state index contributed by atoms with van der Waals surface area (Å²) in [4.78, 5) is 0. The minimum atomic E-state index is -2.16. The molecule has 0 radical (unpaired) electrons. The van der Waals surface area contributed by atoms with Crippen LogP contribution in [0.5, 0.6) is 0 Å². The van der Waals surface area contributed by atoms with Gasteiger partial charge in [-0.2, -0.15) is 0 Å². The molecule has 4 unspecified atom stereocenters. The molecule has 0 spiro atoms. The summed E-state index contributed by atoms with van der Waals surface area (Å²) in [6.45, 7) is 7.22. The second kappa shape index (κ2) is 6.83. The topological polar surface area (TPSA) is 80.3 Å². The van der Waals surface area contributed by atoms with Crippen molar-refractivity contribution in [2.75, 3.05) is 0 Å². The van der Waals surface area contributed by atoms with Crippen molar-refractivity contribution in [3.8, 4) is 0 Å². The van der Waals surface area contributed by atoms with Gasteiger partial charge in [0.25, 0.3) is 0 Å². The lowest BCUT2D eigenvalue weighted by molar-refractivity contribution is 0.290. The normalized spacial score (nSPS) is 20.1. The van der Waals surface area contributed by atoms with Gasteiger partial charge < -0.3 is 9.11 Å². The molecule has 0 aliphatic heterocycles. The standard InChI is InChI=1S/C10H22O4S2/c1-5-8(15(11)12)7-10(3,4)9(6-2)16(13)14/h8-9H,5-7H2,1-4H3,(H,11,12)(H,13,14)/p-2. The summed E-state index contributed by atoms with van der Waals surface area (Å²) in [6.07, 6.45) is 1.40. The summed E-state index contributed by atoms with van der Waals surface area (Å²) >= 11 is -4.29. The van der Waals surface area contributed by atoms with E-state index in [0.717, 1.165) is 0 Å². The monoisotopic (exact) mass is 268 g/mol. The van der Waals surface area contributed by atoms with Gasteiger partial charge in [-0.15, -0.1) is 0 Å². The summed E-state index contributed by atoms with van der Waals surface area (Å²) in [5, 5.41) is -0.960. The smallest absolute Gasteiger partial charge is 0.0264 e. The minimum absolute atomic E-state index is 0.381. The first kappa shape index (κ1) is 16.2. The lowest BCUT2D eigenvalue weighted by atomic mass is 9.82. The van der Waals surface area contributed by atoms with Crippen molar-refractivity contribution in [3.05, 3.63) is 0 Å². The van der Waals surface area contributed by atoms with Gasteiger partial charge in [0.1, 0.15) is 0 Å². The Balaban J connectivity index is 4.76. The largest absolute Gasteiger partial charge is 0.772 e. The molecule has 4 nitrogen and oxygen atoms in total. The summed E-state index contributed by atoms with van der Waals surface area (Å²) in [5.41, 5.74) is -0.512. The van der Waals surface area contributed by atoms with Gasteiger partial charge in [0, 0.05) is 10.5 Å². The van der Waals surface area contributed by atoms with Crippen molar-refractivity contribution in [1.29, 1.82) is 0 Å². The molecule has 0 aliphatic carbocycles. The average molecular weight is 268 g/mol. The van der Waals surface area contributed by atoms with E-state index in [1.807, 2.05) is 13.8 Å². The summed E-state index contributed by atoms with van der Waals surface area (Å²) in [5.74, 6) is 0. The summed E-state index contributed by atoms with van der Waals surface area (Å²) in [6, 6.07) is 0. The molecule has 0 saturated carbocycles. The van der Waals surface area contributed by atoms with E-state index in [1.54, 1.807) is 13.8 Å². The highest BCUT2D eigenvalue weighted by molar-refractivity contribution is 7.80. The summed E-state index contributed by atoms with van der Waals surface area (Å²) < 4.78 is 44.0. The fourth-order valence-corrected chi connectivity index (χ4v) is 3.74. The first-order chi connectivity index (χ1) is 7.26. The van der Waals surface area contributed by atoms with Crippen LogP contribution in [0.15, 0.2) is 0 Å². The van der Waals surface area contributed by atoms with Gasteiger partial charge >= 0.3 is 0 Å². The number of rotatable bonds is 7. The highest BCUT2D eigenvalue weighted by Gasteiger charge is 2.31. The first-order valence-corrected chi connectivity index (χ1v) is 7.70. The molecule has 98 valence electrons. The predicted molar refractivity (Wildman–Crippen MR) is 64.4 cm³/mol. The van der Waals surface area contributed by atoms with Crippen molar-refractivity contribution in [1.82, 2.24) is 0 Å². The third-order valence-electron chi connectivity index (χ3n) is 2.96. The zero-order valence-corrected chi connectivity index (χ0v) is 11.9. The van der Waals surface area contributed by atoms with Gasteiger partial charge in [-0.1, -0.05) is 49.9 Å². The van der Waals surface area contributed by atoms with Gasteiger partial charge in [-0.05, 0) is 24.7 Å². The van der Waals surface area contributed by atoms with E-state index < -0.39 is 38.1 Å². The maximum atomic E-state index is 11.1. The molecule has 0 rings (SSSR count). The molecule has 0 aliphatic rings. The number of hydrogen-bond acceptors (Lipinski definition) is 4. The van der Waals surface area contributed by atoms with Crippen LogP contribution < -0.4 is 0 Å². The van der Waals surface area contributed by atoms with Crippen molar-refractivity contribution < 1.29 is 17.5 Å². The second-order valence-corrected chi connectivity index (χ2v) is 6.92. The van der Waals surface area contributed by atoms with Crippen LogP contribution in [0.4, 0.5) is 0 Å². The molecule has 6 heteroatoms. The Hall–Kier alpha value is 0.220. The second-order valence-electron chi connectivity index (χ2n) is 4.64. The molecule has 16 heavy (non-hydrogen) atoms. The highest BCUT2D eigenvalue weighted by Crippen LogP contribution is 2.33. The molecule has 0 heterocycles. The van der Waals surface area contributed by atoms with Crippen LogP contribution in [0.25, 0.3) is 0 Å². The molecule has 0 amide bonds. The van der Waals surface area contributed by atoms with E-state index in [0.29, 0.717) is 19.3 Å². The van der Waals surface area contributed by atoms with Crippen LogP contribution in [0.2, 0.25) is 0 Å². The van der Waals surface area contributed by atoms with Crippen LogP contribution in [-0.2, 0) is 22.2 Å². The number of hydrogen-bond donors (Lipinski definition) is 0. The maximum Gasteiger partial charge on any atom is 0.0264 e. The molecule has 0 saturated heterocycles. The fraction of sp³-hybridized carbons (Fsp3) is 1.00. The molecule has 0 aromatic carbocycles. The molecule has 0 aromatic rings. The molecule has 4 atom stereocenters. The van der Waals surface area contributed by atoms with Crippen LogP contribution in [-0.4, -0.2) is 28.0 Å². The van der Waals surface area contributed by atoms with E-state index in [1.165, 1.54) is 0 Å². The maximum absolute atomic E-state index is 11.1. The zero-order valence-electron chi connectivity index (χ0n) is 10.2. The molecule has 0 N–H and O–H groups in total. The molecule has 0 fully saturated rings. The Bertz CT molecular complexity index is 266. The van der Waals surface area contributed by atoms with Crippen LogP contribution >= 0.6 is 0 Å². The van der Waals surface area contributed by atoms with Gasteiger partial charge in [-0.25, -0.2) is 0 Å². The highest BCUT2D eigenvalue weighted by atomic mass is 32.2. The van der Waals surface area contributed by atoms with Gasteiger partial charge in [0.15, 0.2) is 0 Å². The Morgan fingerprint density at radius 3 is 1.81 bits per heavy atom. The van der Waals surface area contributed by atoms with E-state index >= 15 is 0 Å². The van der Waals surface area contributed by atoms with Crippen molar-refractivity contribution in [2.24, 2.45) is 5.41 Å². The Morgan fingerprint density at radius 2 is 1.56 bits per heavy atom. The van der Waals surface area contributed by atoms with Gasteiger partial charge in [0.05, 0.1) is 0 Å². The average Bonchev–Trinajstić information content (AvgIpc) is 2.13. The molecular formula is C10H20O4S2-2. The van der Waals surface area contributed by atoms with E-state index in [2.05, 4.69) is 0 Å². The quantitative estimate of drug-likeness (QED) is 0.658. The van der Waals surface area contributed by atoms with Gasteiger partial charge in [-0.3, -0.25) is 8.42 Å².